The molecule has 0 saturated carbocycles. The van der Waals surface area contributed by atoms with Crippen molar-refractivity contribution in [2.75, 3.05) is 7.11 Å². The molecule has 0 N–H and O–H groups in total. The van der Waals surface area contributed by atoms with Crippen LogP contribution in [0.2, 0.25) is 0 Å². The lowest BCUT2D eigenvalue weighted by molar-refractivity contribution is 0.410. The van der Waals surface area contributed by atoms with Gasteiger partial charge >= 0.3 is 0 Å². The van der Waals surface area contributed by atoms with Gasteiger partial charge in [0.1, 0.15) is 11.4 Å². The number of rotatable bonds is 5. The molecule has 8 heteroatoms. The summed E-state index contributed by atoms with van der Waals surface area (Å²) in [6.45, 7) is 1.97. The number of thioether (sulfide) groups is 1. The molecule has 0 fully saturated rings. The van der Waals surface area contributed by atoms with Crippen molar-refractivity contribution in [2.24, 2.45) is 0 Å². The van der Waals surface area contributed by atoms with Crippen molar-refractivity contribution in [1.82, 2.24) is 30.2 Å². The molecular formula is C18H16N6OS. The molecule has 0 radical (unpaired) electrons. The second-order valence-electron chi connectivity index (χ2n) is 5.58. The highest BCUT2D eigenvalue weighted by molar-refractivity contribution is 7.98. The third-order valence-electron chi connectivity index (χ3n) is 3.94. The van der Waals surface area contributed by atoms with Crippen LogP contribution in [0.15, 0.2) is 53.7 Å². The van der Waals surface area contributed by atoms with Crippen LogP contribution in [0.5, 0.6) is 5.75 Å². The topological polar surface area (TPSA) is 78.6 Å². The van der Waals surface area contributed by atoms with E-state index in [1.165, 1.54) is 11.8 Å². The van der Waals surface area contributed by atoms with Crippen molar-refractivity contribution < 1.29 is 4.74 Å². The minimum Gasteiger partial charge on any atom is -0.494 e. The molecule has 0 aliphatic carbocycles. The van der Waals surface area contributed by atoms with Crippen molar-refractivity contribution in [3.63, 3.8) is 0 Å². The fourth-order valence-electron chi connectivity index (χ4n) is 2.62. The zero-order valence-electron chi connectivity index (χ0n) is 14.3. The van der Waals surface area contributed by atoms with Gasteiger partial charge in [-0.2, -0.15) is 4.68 Å². The molecule has 0 spiro atoms. The van der Waals surface area contributed by atoms with Crippen LogP contribution in [-0.4, -0.2) is 37.3 Å². The highest BCUT2D eigenvalue weighted by Crippen LogP contribution is 2.27. The summed E-state index contributed by atoms with van der Waals surface area (Å²) >= 11 is 1.51. The lowest BCUT2D eigenvalue weighted by atomic mass is 10.2. The number of hydrogen-bond donors (Lipinski definition) is 0. The van der Waals surface area contributed by atoms with E-state index in [0.717, 1.165) is 28.1 Å². The van der Waals surface area contributed by atoms with E-state index in [-0.39, 0.29) is 0 Å². The standard InChI is InChI=1S/C18H16N6OS/c1-12-15(20-14-8-4-3-7-13(14)19-12)11-26-18-21-22-23-24(18)16-9-5-6-10-17(16)25-2/h3-10H,11H2,1-2H3. The van der Waals surface area contributed by atoms with Gasteiger partial charge in [-0.15, -0.1) is 5.10 Å². The van der Waals surface area contributed by atoms with Gasteiger partial charge in [-0.05, 0) is 41.6 Å². The summed E-state index contributed by atoms with van der Waals surface area (Å²) in [6, 6.07) is 15.5. The maximum atomic E-state index is 5.41. The molecule has 2 heterocycles. The van der Waals surface area contributed by atoms with Gasteiger partial charge in [-0.25, -0.2) is 9.97 Å². The summed E-state index contributed by atoms with van der Waals surface area (Å²) < 4.78 is 7.08. The number of benzene rings is 2. The smallest absolute Gasteiger partial charge is 0.214 e. The third-order valence-corrected chi connectivity index (χ3v) is 4.87. The molecular weight excluding hydrogens is 348 g/mol. The first-order valence-electron chi connectivity index (χ1n) is 8.03. The molecule has 26 heavy (non-hydrogen) atoms. The van der Waals surface area contributed by atoms with E-state index in [2.05, 4.69) is 20.5 Å². The van der Waals surface area contributed by atoms with Crippen LogP contribution in [0.1, 0.15) is 11.4 Å². The predicted octanol–water partition coefficient (Wildman–Crippen LogP) is 3.21. The summed E-state index contributed by atoms with van der Waals surface area (Å²) in [7, 11) is 1.63. The zero-order chi connectivity index (χ0) is 17.9. The molecule has 0 aliphatic heterocycles. The Labute approximate surface area is 154 Å². The number of ether oxygens (including phenoxy) is 1. The Bertz CT molecular complexity index is 1060. The van der Waals surface area contributed by atoms with Crippen LogP contribution in [-0.2, 0) is 5.75 Å². The largest absolute Gasteiger partial charge is 0.494 e. The highest BCUT2D eigenvalue weighted by Gasteiger charge is 2.14. The van der Waals surface area contributed by atoms with Crippen LogP contribution in [0.25, 0.3) is 16.7 Å². The minimum atomic E-state index is 0.624. The second kappa shape index (κ2) is 7.09. The Kier molecular flexibility index (Phi) is 4.49. The monoisotopic (exact) mass is 364 g/mol. The van der Waals surface area contributed by atoms with Gasteiger partial charge in [-0.3, -0.25) is 0 Å². The number of methoxy groups -OCH3 is 1. The van der Waals surface area contributed by atoms with Crippen LogP contribution in [0, 0.1) is 6.92 Å². The molecule has 2 aromatic heterocycles. The Morgan fingerprint density at radius 3 is 2.54 bits per heavy atom. The maximum absolute atomic E-state index is 5.41. The number of para-hydroxylation sites is 4. The number of fused-ring (bicyclic) bond motifs is 1. The van der Waals surface area contributed by atoms with Gasteiger partial charge in [0, 0.05) is 5.75 Å². The van der Waals surface area contributed by atoms with Gasteiger partial charge in [0.15, 0.2) is 0 Å². The first-order chi connectivity index (χ1) is 12.8. The quantitative estimate of drug-likeness (QED) is 0.503. The lowest BCUT2D eigenvalue weighted by Gasteiger charge is -2.09. The lowest BCUT2D eigenvalue weighted by Crippen LogP contribution is -2.02. The van der Waals surface area contributed by atoms with E-state index in [1.54, 1.807) is 11.8 Å². The average molecular weight is 364 g/mol. The van der Waals surface area contributed by atoms with Crippen LogP contribution >= 0.6 is 11.8 Å². The van der Waals surface area contributed by atoms with Crippen molar-refractivity contribution in [3.8, 4) is 11.4 Å². The Morgan fingerprint density at radius 2 is 1.73 bits per heavy atom. The summed E-state index contributed by atoms with van der Waals surface area (Å²) in [5.41, 5.74) is 4.41. The van der Waals surface area contributed by atoms with Crippen molar-refractivity contribution in [3.05, 3.63) is 59.9 Å². The number of aromatic nitrogens is 6. The Morgan fingerprint density at radius 1 is 1.00 bits per heavy atom. The average Bonchev–Trinajstić information content (AvgIpc) is 3.14. The van der Waals surface area contributed by atoms with Crippen LogP contribution in [0.3, 0.4) is 0 Å². The SMILES string of the molecule is COc1ccccc1-n1nnnc1SCc1nc2ccccc2nc1C. The molecule has 0 unspecified atom stereocenters. The molecule has 0 amide bonds. The van der Waals surface area contributed by atoms with Gasteiger partial charge in [0.2, 0.25) is 5.16 Å². The zero-order valence-corrected chi connectivity index (χ0v) is 15.1. The van der Waals surface area contributed by atoms with Gasteiger partial charge in [-0.1, -0.05) is 36.0 Å². The molecule has 0 atom stereocenters. The molecule has 0 saturated heterocycles. The van der Waals surface area contributed by atoms with E-state index < -0.39 is 0 Å². The number of nitrogens with zero attached hydrogens (tertiary/aromatic N) is 6. The molecule has 7 nitrogen and oxygen atoms in total. The summed E-state index contributed by atoms with van der Waals surface area (Å²) in [4.78, 5) is 9.35. The summed E-state index contributed by atoms with van der Waals surface area (Å²) in [6.07, 6.45) is 0. The van der Waals surface area contributed by atoms with E-state index >= 15 is 0 Å². The van der Waals surface area contributed by atoms with Crippen molar-refractivity contribution in [2.45, 2.75) is 17.8 Å². The van der Waals surface area contributed by atoms with E-state index in [0.29, 0.717) is 16.7 Å². The second-order valence-corrected chi connectivity index (χ2v) is 6.52. The Hall–Kier alpha value is -3.00. The molecule has 0 aliphatic rings. The van der Waals surface area contributed by atoms with Gasteiger partial charge < -0.3 is 4.74 Å². The fourth-order valence-corrected chi connectivity index (χ4v) is 3.51. The molecule has 2 aromatic carbocycles. The van der Waals surface area contributed by atoms with Crippen molar-refractivity contribution in [1.29, 1.82) is 0 Å². The summed E-state index contributed by atoms with van der Waals surface area (Å²) in [5.74, 6) is 1.34. The predicted molar refractivity (Wildman–Crippen MR) is 99.5 cm³/mol. The normalized spacial score (nSPS) is 11.0. The van der Waals surface area contributed by atoms with Crippen molar-refractivity contribution >= 4 is 22.8 Å². The van der Waals surface area contributed by atoms with Crippen LogP contribution < -0.4 is 4.74 Å². The van der Waals surface area contributed by atoms with E-state index in [4.69, 9.17) is 9.72 Å². The van der Waals surface area contributed by atoms with Gasteiger partial charge in [0.05, 0.1) is 29.5 Å². The first-order valence-corrected chi connectivity index (χ1v) is 9.01. The third kappa shape index (κ3) is 3.11. The highest BCUT2D eigenvalue weighted by atomic mass is 32.2. The number of hydrogen-bond acceptors (Lipinski definition) is 7. The molecule has 0 bridgehead atoms. The minimum absolute atomic E-state index is 0.624. The van der Waals surface area contributed by atoms with E-state index in [1.807, 2.05) is 55.5 Å². The molecule has 4 aromatic rings. The number of aryl methyl sites for hydroxylation is 1. The van der Waals surface area contributed by atoms with Crippen LogP contribution in [0.4, 0.5) is 0 Å². The summed E-state index contributed by atoms with van der Waals surface area (Å²) in [5, 5.41) is 12.7. The first kappa shape index (κ1) is 16.5. The van der Waals surface area contributed by atoms with E-state index in [9.17, 15) is 0 Å². The maximum Gasteiger partial charge on any atom is 0.214 e. The molecule has 130 valence electrons. The fraction of sp³-hybridized carbons (Fsp3) is 0.167. The van der Waals surface area contributed by atoms with Gasteiger partial charge in [0.25, 0.3) is 0 Å². The molecule has 4 rings (SSSR count). The number of tetrazole rings is 1. The Balaban J connectivity index is 1.62.